The van der Waals surface area contributed by atoms with Crippen LogP contribution in [-0.4, -0.2) is 18.4 Å². The number of ether oxygens (including phenoxy) is 1. The number of hydrogen-bond acceptors (Lipinski definition) is 4. The molecule has 0 aromatic heterocycles. The second-order valence-electron chi connectivity index (χ2n) is 6.22. The summed E-state index contributed by atoms with van der Waals surface area (Å²) in [5, 5.41) is -0.393. The van der Waals surface area contributed by atoms with Gasteiger partial charge in [-0.25, -0.2) is 0 Å². The molecule has 0 saturated heterocycles. The van der Waals surface area contributed by atoms with E-state index in [1.807, 2.05) is 66.7 Å². The van der Waals surface area contributed by atoms with Gasteiger partial charge in [0.05, 0.1) is 11.9 Å². The maximum Gasteiger partial charge on any atom is 0.318 e. The first kappa shape index (κ1) is 19.9. The second kappa shape index (κ2) is 9.90. The van der Waals surface area contributed by atoms with Crippen LogP contribution in [0.25, 0.3) is 0 Å². The minimum atomic E-state index is -0.935. The third-order valence-corrected chi connectivity index (χ3v) is 5.66. The van der Waals surface area contributed by atoms with Crippen LogP contribution in [0.3, 0.4) is 0 Å². The molecule has 2 atom stereocenters. The number of Topliss-reactive ketones (excluding diaryl/α,β-unsaturated/α-hetero) is 1. The van der Waals surface area contributed by atoms with Crippen LogP contribution in [0.1, 0.15) is 28.1 Å². The Kier molecular flexibility index (Phi) is 7.04. The lowest BCUT2D eigenvalue weighted by Crippen LogP contribution is -2.31. The van der Waals surface area contributed by atoms with Crippen molar-refractivity contribution in [2.24, 2.45) is 5.92 Å². The van der Waals surface area contributed by atoms with Gasteiger partial charge in [-0.15, -0.1) is 11.8 Å². The molecule has 4 heteroatoms. The summed E-state index contributed by atoms with van der Waals surface area (Å²) in [7, 11) is 0. The van der Waals surface area contributed by atoms with E-state index in [1.165, 1.54) is 11.8 Å². The van der Waals surface area contributed by atoms with Gasteiger partial charge >= 0.3 is 5.97 Å². The van der Waals surface area contributed by atoms with Crippen molar-refractivity contribution < 1.29 is 14.3 Å². The SMILES string of the molecule is CCOC(=O)C(C(=O)c1ccccc1)C(Sc1ccccc1)c1ccccc1. The zero-order valence-corrected chi connectivity index (χ0v) is 16.5. The molecule has 0 aliphatic carbocycles. The molecule has 0 bridgehead atoms. The van der Waals surface area contributed by atoms with E-state index in [1.54, 1.807) is 31.2 Å². The second-order valence-corrected chi connectivity index (χ2v) is 7.44. The molecule has 0 saturated carbocycles. The molecule has 0 aliphatic rings. The first-order valence-corrected chi connectivity index (χ1v) is 10.1. The molecule has 3 nitrogen and oxygen atoms in total. The van der Waals surface area contributed by atoms with Crippen molar-refractivity contribution in [3.8, 4) is 0 Å². The van der Waals surface area contributed by atoms with Gasteiger partial charge in [0, 0.05) is 10.5 Å². The van der Waals surface area contributed by atoms with E-state index in [-0.39, 0.29) is 12.4 Å². The number of ketones is 1. The average molecular weight is 391 g/mol. The third kappa shape index (κ3) is 4.90. The fourth-order valence-corrected chi connectivity index (χ4v) is 4.27. The molecular weight excluding hydrogens is 368 g/mol. The molecule has 28 heavy (non-hydrogen) atoms. The number of rotatable bonds is 8. The molecule has 3 aromatic rings. The molecule has 0 spiro atoms. The van der Waals surface area contributed by atoms with Gasteiger partial charge in [0.15, 0.2) is 5.78 Å². The molecule has 0 aliphatic heterocycles. The quantitative estimate of drug-likeness (QED) is 0.218. The minimum absolute atomic E-state index is 0.226. The van der Waals surface area contributed by atoms with Crippen LogP contribution in [0.4, 0.5) is 0 Å². The standard InChI is InChI=1S/C24H22O3S/c1-2-27-24(26)21(22(25)18-12-6-3-7-13-18)23(19-14-8-4-9-15-19)28-20-16-10-5-11-17-20/h3-17,21,23H,2H2,1H3. The average Bonchev–Trinajstić information content (AvgIpc) is 2.75. The maximum atomic E-state index is 13.4. The van der Waals surface area contributed by atoms with Crippen molar-refractivity contribution in [1.82, 2.24) is 0 Å². The molecule has 3 aromatic carbocycles. The van der Waals surface area contributed by atoms with Crippen LogP contribution in [0.15, 0.2) is 95.9 Å². The van der Waals surface area contributed by atoms with Gasteiger partial charge in [-0.05, 0) is 24.6 Å². The number of thioether (sulfide) groups is 1. The van der Waals surface area contributed by atoms with Crippen molar-refractivity contribution in [2.75, 3.05) is 6.61 Å². The van der Waals surface area contributed by atoms with Crippen molar-refractivity contribution in [3.63, 3.8) is 0 Å². The summed E-state index contributed by atoms with van der Waals surface area (Å²) < 4.78 is 5.31. The lowest BCUT2D eigenvalue weighted by Gasteiger charge is -2.25. The lowest BCUT2D eigenvalue weighted by atomic mass is 9.90. The van der Waals surface area contributed by atoms with Crippen LogP contribution in [-0.2, 0) is 9.53 Å². The van der Waals surface area contributed by atoms with E-state index in [0.717, 1.165) is 10.5 Å². The van der Waals surface area contributed by atoms with E-state index in [9.17, 15) is 9.59 Å². The highest BCUT2D eigenvalue weighted by molar-refractivity contribution is 7.99. The predicted octanol–water partition coefficient (Wildman–Crippen LogP) is 5.58. The Bertz CT molecular complexity index is 895. The highest BCUT2D eigenvalue weighted by atomic mass is 32.2. The minimum Gasteiger partial charge on any atom is -0.465 e. The zero-order chi connectivity index (χ0) is 19.8. The van der Waals surface area contributed by atoms with Crippen LogP contribution in [0.2, 0.25) is 0 Å². The first-order valence-electron chi connectivity index (χ1n) is 9.23. The third-order valence-electron chi connectivity index (χ3n) is 4.32. The predicted molar refractivity (Wildman–Crippen MR) is 112 cm³/mol. The van der Waals surface area contributed by atoms with Crippen LogP contribution in [0, 0.1) is 5.92 Å². The summed E-state index contributed by atoms with van der Waals surface area (Å²) in [6, 6.07) is 28.4. The van der Waals surface area contributed by atoms with Crippen LogP contribution >= 0.6 is 11.8 Å². The van der Waals surface area contributed by atoms with E-state index >= 15 is 0 Å². The van der Waals surface area contributed by atoms with Crippen molar-refractivity contribution in [1.29, 1.82) is 0 Å². The number of carbonyl (C=O) groups excluding carboxylic acids is 2. The summed E-state index contributed by atoms with van der Waals surface area (Å²) in [6.07, 6.45) is 0. The Labute approximate surface area is 169 Å². The fraction of sp³-hybridized carbons (Fsp3) is 0.167. The normalized spacial score (nSPS) is 12.8. The molecule has 2 unspecified atom stereocenters. The molecule has 142 valence electrons. The van der Waals surface area contributed by atoms with Crippen LogP contribution in [0.5, 0.6) is 0 Å². The van der Waals surface area contributed by atoms with E-state index in [0.29, 0.717) is 5.56 Å². The van der Waals surface area contributed by atoms with E-state index in [4.69, 9.17) is 4.74 Å². The largest absolute Gasteiger partial charge is 0.465 e. The molecular formula is C24H22O3S. The van der Waals surface area contributed by atoms with Crippen molar-refractivity contribution >= 4 is 23.5 Å². The number of benzene rings is 3. The van der Waals surface area contributed by atoms with Crippen molar-refractivity contribution in [3.05, 3.63) is 102 Å². The highest BCUT2D eigenvalue weighted by Gasteiger charge is 2.38. The topological polar surface area (TPSA) is 43.4 Å². The van der Waals surface area contributed by atoms with Crippen molar-refractivity contribution in [2.45, 2.75) is 17.1 Å². The monoisotopic (exact) mass is 390 g/mol. The Morgan fingerprint density at radius 1 is 0.821 bits per heavy atom. The van der Waals surface area contributed by atoms with Gasteiger partial charge in [0.1, 0.15) is 5.92 Å². The first-order chi connectivity index (χ1) is 13.7. The molecule has 0 N–H and O–H groups in total. The van der Waals surface area contributed by atoms with Gasteiger partial charge in [-0.2, -0.15) is 0 Å². The van der Waals surface area contributed by atoms with E-state index in [2.05, 4.69) is 0 Å². The molecule has 0 amide bonds. The molecule has 3 rings (SSSR count). The van der Waals surface area contributed by atoms with Gasteiger partial charge in [0.2, 0.25) is 0 Å². The number of carbonyl (C=O) groups is 2. The molecule has 0 heterocycles. The van der Waals surface area contributed by atoms with Crippen LogP contribution < -0.4 is 0 Å². The molecule has 0 radical (unpaired) electrons. The summed E-state index contributed by atoms with van der Waals surface area (Å²) in [5.74, 6) is -1.65. The number of hydrogen-bond donors (Lipinski definition) is 0. The number of esters is 1. The lowest BCUT2D eigenvalue weighted by molar-refractivity contribution is -0.146. The highest BCUT2D eigenvalue weighted by Crippen LogP contribution is 2.42. The Hall–Kier alpha value is -2.85. The summed E-state index contributed by atoms with van der Waals surface area (Å²) in [6.45, 7) is 1.98. The van der Waals surface area contributed by atoms with E-state index < -0.39 is 17.1 Å². The van der Waals surface area contributed by atoms with Gasteiger partial charge < -0.3 is 4.74 Å². The summed E-state index contributed by atoms with van der Waals surface area (Å²) >= 11 is 1.51. The Morgan fingerprint density at radius 3 is 1.93 bits per heavy atom. The van der Waals surface area contributed by atoms with Gasteiger partial charge in [-0.1, -0.05) is 78.9 Å². The maximum absolute atomic E-state index is 13.4. The van der Waals surface area contributed by atoms with Gasteiger partial charge in [0.25, 0.3) is 0 Å². The Morgan fingerprint density at radius 2 is 1.36 bits per heavy atom. The molecule has 0 fully saturated rings. The van der Waals surface area contributed by atoms with Gasteiger partial charge in [-0.3, -0.25) is 9.59 Å². The zero-order valence-electron chi connectivity index (χ0n) is 15.7. The smallest absolute Gasteiger partial charge is 0.318 e. The Balaban J connectivity index is 2.05. The fourth-order valence-electron chi connectivity index (χ4n) is 3.00. The summed E-state index contributed by atoms with van der Waals surface area (Å²) in [4.78, 5) is 27.3. The summed E-state index contributed by atoms with van der Waals surface area (Å²) in [5.41, 5.74) is 1.42.